The molecule has 47 heavy (non-hydrogen) atoms. The van der Waals surface area contributed by atoms with E-state index in [1.807, 2.05) is 47.1 Å². The number of methoxy groups -OCH3 is 1. The summed E-state index contributed by atoms with van der Waals surface area (Å²) in [6.07, 6.45) is 0.680. The van der Waals surface area contributed by atoms with Crippen molar-refractivity contribution in [2.45, 2.75) is 37.7 Å². The Kier molecular flexibility index (Phi) is 8.98. The Bertz CT molecular complexity index is 2030. The summed E-state index contributed by atoms with van der Waals surface area (Å²) in [5.41, 5.74) is 3.29. The molecule has 0 saturated carbocycles. The third kappa shape index (κ3) is 6.50. The highest BCUT2D eigenvalue weighted by molar-refractivity contribution is 14.1. The van der Waals surface area contributed by atoms with Gasteiger partial charge in [0.1, 0.15) is 33.2 Å². The maximum Gasteiger partial charge on any atom is 0.235 e. The standard InChI is InChI=1S/C36H28ClFIN3O5/c1-44-27-16-10-23(11-17-27)34-35(33(43)28-4-2-3-5-30(28)47-34)45-20-29-36(39)42(41-40-29)26-18-31(21-6-12-24(37)13-7-21)46-32(19-26)22-8-14-25(38)15-9-22/h2-17,26,31-32H,18-20H2,1H3. The van der Waals surface area contributed by atoms with Crippen LogP contribution in [-0.2, 0) is 11.3 Å². The molecule has 238 valence electrons. The molecule has 3 atom stereocenters. The molecule has 0 amide bonds. The highest BCUT2D eigenvalue weighted by Gasteiger charge is 2.34. The van der Waals surface area contributed by atoms with Gasteiger partial charge in [-0.1, -0.05) is 53.2 Å². The summed E-state index contributed by atoms with van der Waals surface area (Å²) in [6, 6.07) is 28.2. The van der Waals surface area contributed by atoms with E-state index in [1.54, 1.807) is 49.6 Å². The van der Waals surface area contributed by atoms with Crippen LogP contribution < -0.4 is 14.9 Å². The van der Waals surface area contributed by atoms with Crippen molar-refractivity contribution in [3.8, 4) is 22.8 Å². The predicted octanol–water partition coefficient (Wildman–Crippen LogP) is 8.87. The Morgan fingerprint density at radius 3 is 2.28 bits per heavy atom. The molecule has 0 bridgehead atoms. The van der Waals surface area contributed by atoms with Gasteiger partial charge in [0.15, 0.2) is 5.76 Å². The van der Waals surface area contributed by atoms with Crippen molar-refractivity contribution in [2.24, 2.45) is 0 Å². The number of hydrogen-bond acceptors (Lipinski definition) is 7. The number of rotatable bonds is 8. The number of ether oxygens (including phenoxy) is 3. The molecule has 2 aromatic heterocycles. The molecule has 8 nitrogen and oxygen atoms in total. The van der Waals surface area contributed by atoms with Gasteiger partial charge in [0.05, 0.1) is 30.7 Å². The number of hydrogen-bond donors (Lipinski definition) is 0. The number of benzene rings is 4. The normalized spacial score (nSPS) is 17.9. The summed E-state index contributed by atoms with van der Waals surface area (Å²) in [7, 11) is 1.59. The van der Waals surface area contributed by atoms with Gasteiger partial charge in [-0.05, 0) is 94.4 Å². The first-order valence-electron chi connectivity index (χ1n) is 15.0. The quantitative estimate of drug-likeness (QED) is 0.143. The van der Waals surface area contributed by atoms with Gasteiger partial charge in [0.2, 0.25) is 11.2 Å². The fraction of sp³-hybridized carbons (Fsp3) is 0.194. The van der Waals surface area contributed by atoms with Gasteiger partial charge >= 0.3 is 0 Å². The van der Waals surface area contributed by atoms with Crippen molar-refractivity contribution < 1.29 is 23.0 Å². The minimum absolute atomic E-state index is 0.00421. The molecule has 7 rings (SSSR count). The van der Waals surface area contributed by atoms with Crippen LogP contribution in [0.25, 0.3) is 22.3 Å². The van der Waals surface area contributed by atoms with Crippen molar-refractivity contribution in [1.82, 2.24) is 15.0 Å². The molecule has 3 unspecified atom stereocenters. The van der Waals surface area contributed by atoms with Gasteiger partial charge in [-0.25, -0.2) is 9.07 Å². The smallest absolute Gasteiger partial charge is 0.235 e. The molecular formula is C36H28ClFIN3O5. The third-order valence-corrected chi connectivity index (χ3v) is 9.66. The molecule has 1 aliphatic rings. The fourth-order valence-electron chi connectivity index (χ4n) is 5.85. The van der Waals surface area contributed by atoms with E-state index in [9.17, 15) is 9.18 Å². The van der Waals surface area contributed by atoms with Crippen molar-refractivity contribution in [3.63, 3.8) is 0 Å². The average Bonchev–Trinajstić information content (AvgIpc) is 3.48. The van der Waals surface area contributed by atoms with Crippen molar-refractivity contribution in [3.05, 3.63) is 139 Å². The minimum atomic E-state index is -0.304. The number of halogens is 3. The summed E-state index contributed by atoms with van der Waals surface area (Å²) in [5, 5.41) is 10.1. The number of nitrogens with zero attached hydrogens (tertiary/aromatic N) is 3. The highest BCUT2D eigenvalue weighted by atomic mass is 127. The van der Waals surface area contributed by atoms with Crippen LogP contribution in [0, 0.1) is 9.52 Å². The van der Waals surface area contributed by atoms with Crippen LogP contribution in [0.4, 0.5) is 4.39 Å². The first-order chi connectivity index (χ1) is 22.9. The van der Waals surface area contributed by atoms with Gasteiger partial charge in [-0.15, -0.1) is 5.10 Å². The van der Waals surface area contributed by atoms with Crippen LogP contribution in [0.1, 0.15) is 47.9 Å². The molecule has 0 spiro atoms. The van der Waals surface area contributed by atoms with Crippen LogP contribution in [-0.4, -0.2) is 22.1 Å². The summed E-state index contributed by atoms with van der Waals surface area (Å²) in [4.78, 5) is 13.7. The SMILES string of the molecule is COc1ccc(-c2oc3ccccc3c(=O)c2OCc2nnn(C3CC(c4ccc(F)cc4)OC(c4ccc(Cl)cc4)C3)c2I)cc1. The zero-order valence-electron chi connectivity index (χ0n) is 25.1. The van der Waals surface area contributed by atoms with E-state index < -0.39 is 0 Å². The van der Waals surface area contributed by atoms with Gasteiger partial charge < -0.3 is 18.6 Å². The zero-order valence-corrected chi connectivity index (χ0v) is 28.0. The molecule has 1 aliphatic heterocycles. The molecule has 1 saturated heterocycles. The first kappa shape index (κ1) is 31.3. The number of para-hydroxylation sites is 1. The van der Waals surface area contributed by atoms with Gasteiger partial charge in [-0.2, -0.15) is 0 Å². The van der Waals surface area contributed by atoms with E-state index in [-0.39, 0.29) is 41.9 Å². The van der Waals surface area contributed by atoms with E-state index in [1.165, 1.54) is 12.1 Å². The van der Waals surface area contributed by atoms with E-state index >= 15 is 0 Å². The molecule has 3 heterocycles. The summed E-state index contributed by atoms with van der Waals surface area (Å²) >= 11 is 8.38. The maximum absolute atomic E-state index is 13.8. The molecule has 0 radical (unpaired) electrons. The van der Waals surface area contributed by atoms with Gasteiger partial charge in [-0.3, -0.25) is 4.79 Å². The second kappa shape index (κ2) is 13.5. The Morgan fingerprint density at radius 1 is 0.936 bits per heavy atom. The van der Waals surface area contributed by atoms with Crippen LogP contribution in [0.5, 0.6) is 11.5 Å². The van der Waals surface area contributed by atoms with Crippen LogP contribution in [0.2, 0.25) is 5.02 Å². The van der Waals surface area contributed by atoms with Crippen molar-refractivity contribution in [1.29, 1.82) is 0 Å². The lowest BCUT2D eigenvalue weighted by molar-refractivity contribution is -0.0745. The van der Waals surface area contributed by atoms with E-state index in [0.29, 0.717) is 51.6 Å². The van der Waals surface area contributed by atoms with Crippen molar-refractivity contribution >= 4 is 45.2 Å². The predicted molar refractivity (Wildman–Crippen MR) is 184 cm³/mol. The van der Waals surface area contributed by atoms with Crippen LogP contribution in [0.3, 0.4) is 0 Å². The van der Waals surface area contributed by atoms with E-state index in [0.717, 1.165) is 14.8 Å². The topological polar surface area (TPSA) is 88.6 Å². The fourth-order valence-corrected chi connectivity index (χ4v) is 6.73. The zero-order chi connectivity index (χ0) is 32.5. The molecule has 6 aromatic rings. The monoisotopic (exact) mass is 763 g/mol. The van der Waals surface area contributed by atoms with Gasteiger partial charge in [0, 0.05) is 23.4 Å². The second-order valence-electron chi connectivity index (χ2n) is 11.2. The van der Waals surface area contributed by atoms with Crippen molar-refractivity contribution in [2.75, 3.05) is 7.11 Å². The lowest BCUT2D eigenvalue weighted by Crippen LogP contribution is -2.27. The molecule has 0 aliphatic carbocycles. The average molecular weight is 764 g/mol. The lowest BCUT2D eigenvalue weighted by atomic mass is 9.91. The van der Waals surface area contributed by atoms with Crippen LogP contribution >= 0.6 is 34.2 Å². The number of aromatic nitrogens is 3. The maximum atomic E-state index is 13.8. The highest BCUT2D eigenvalue weighted by Crippen LogP contribution is 2.44. The summed E-state index contributed by atoms with van der Waals surface area (Å²) in [5.74, 6) is 0.778. The minimum Gasteiger partial charge on any atom is -0.497 e. The second-order valence-corrected chi connectivity index (χ2v) is 12.7. The molecule has 4 aromatic carbocycles. The third-order valence-electron chi connectivity index (χ3n) is 8.29. The first-order valence-corrected chi connectivity index (χ1v) is 16.4. The molecule has 1 fully saturated rings. The van der Waals surface area contributed by atoms with Gasteiger partial charge in [0.25, 0.3) is 0 Å². The van der Waals surface area contributed by atoms with E-state index in [4.69, 9.17) is 30.2 Å². The Balaban J connectivity index is 1.19. The molecule has 0 N–H and O–H groups in total. The van der Waals surface area contributed by atoms with E-state index in [2.05, 4.69) is 32.9 Å². The summed E-state index contributed by atoms with van der Waals surface area (Å²) in [6.45, 7) is -0.00421. The Morgan fingerprint density at radius 2 is 1.60 bits per heavy atom. The number of fused-ring (bicyclic) bond motifs is 1. The lowest BCUT2D eigenvalue weighted by Gasteiger charge is -2.36. The van der Waals surface area contributed by atoms with Crippen LogP contribution in [0.15, 0.2) is 106 Å². The summed E-state index contributed by atoms with van der Waals surface area (Å²) < 4.78 is 40.7. The Labute approximate surface area is 288 Å². The Hall–Kier alpha value is -4.26. The molecular weight excluding hydrogens is 736 g/mol. The molecule has 11 heteroatoms. The largest absolute Gasteiger partial charge is 0.497 e.